The Morgan fingerprint density at radius 1 is 1.32 bits per heavy atom. The van der Waals surface area contributed by atoms with Crippen LogP contribution in [0.25, 0.3) is 0 Å². The zero-order chi connectivity index (χ0) is 13.7. The molecule has 0 spiro atoms. The van der Waals surface area contributed by atoms with Crippen molar-refractivity contribution < 1.29 is 9.47 Å². The fourth-order valence-corrected chi connectivity index (χ4v) is 2.61. The van der Waals surface area contributed by atoms with Gasteiger partial charge in [0.05, 0.1) is 25.9 Å². The Morgan fingerprint density at radius 3 is 2.79 bits per heavy atom. The predicted molar refractivity (Wildman–Crippen MR) is 77.5 cm³/mol. The molecule has 1 fully saturated rings. The van der Waals surface area contributed by atoms with Crippen molar-refractivity contribution in [1.29, 1.82) is 0 Å². The molecule has 0 radical (unpaired) electrons. The molecule has 0 bridgehead atoms. The van der Waals surface area contributed by atoms with Gasteiger partial charge < -0.3 is 14.8 Å². The molecule has 1 aliphatic heterocycles. The van der Waals surface area contributed by atoms with E-state index in [0.717, 1.165) is 13.0 Å². The van der Waals surface area contributed by atoms with E-state index >= 15 is 0 Å². The van der Waals surface area contributed by atoms with Crippen LogP contribution in [0.5, 0.6) is 0 Å². The van der Waals surface area contributed by atoms with Crippen LogP contribution in [-0.2, 0) is 9.47 Å². The minimum atomic E-state index is 0.113. The number of ether oxygens (including phenoxy) is 2. The number of aryl methyl sites for hydroxylation is 2. The van der Waals surface area contributed by atoms with Crippen molar-refractivity contribution in [1.82, 2.24) is 5.32 Å². The molecule has 2 unspecified atom stereocenters. The van der Waals surface area contributed by atoms with E-state index in [2.05, 4.69) is 44.3 Å². The second-order valence-corrected chi connectivity index (χ2v) is 5.28. The monoisotopic (exact) mass is 263 g/mol. The zero-order valence-electron chi connectivity index (χ0n) is 12.2. The quantitative estimate of drug-likeness (QED) is 0.886. The third kappa shape index (κ3) is 3.78. The lowest BCUT2D eigenvalue weighted by Gasteiger charge is -2.32. The number of nitrogens with one attached hydrogen (secondary N) is 1. The molecule has 1 aromatic carbocycles. The maximum Gasteiger partial charge on any atom is 0.100 e. The molecule has 2 rings (SSSR count). The highest BCUT2D eigenvalue weighted by molar-refractivity contribution is 5.33. The second-order valence-electron chi connectivity index (χ2n) is 5.28. The molecule has 3 nitrogen and oxygen atoms in total. The van der Waals surface area contributed by atoms with Gasteiger partial charge in [0.2, 0.25) is 0 Å². The van der Waals surface area contributed by atoms with Crippen LogP contribution >= 0.6 is 0 Å². The molecule has 0 aromatic heterocycles. The fraction of sp³-hybridized carbons (Fsp3) is 0.625. The molecule has 1 saturated heterocycles. The van der Waals surface area contributed by atoms with Gasteiger partial charge in [0.15, 0.2) is 0 Å². The lowest BCUT2D eigenvalue weighted by Crippen LogP contribution is -2.41. The Labute approximate surface area is 116 Å². The van der Waals surface area contributed by atoms with Gasteiger partial charge in [-0.15, -0.1) is 0 Å². The molecule has 0 aliphatic carbocycles. The summed E-state index contributed by atoms with van der Waals surface area (Å²) in [5, 5.41) is 3.61. The van der Waals surface area contributed by atoms with E-state index in [-0.39, 0.29) is 12.1 Å². The highest BCUT2D eigenvalue weighted by Crippen LogP contribution is 2.25. The van der Waals surface area contributed by atoms with E-state index in [1.165, 1.54) is 16.7 Å². The first kappa shape index (κ1) is 14.5. The number of benzene rings is 1. The Kier molecular flexibility index (Phi) is 5.37. The van der Waals surface area contributed by atoms with Crippen molar-refractivity contribution in [2.45, 2.75) is 39.3 Å². The van der Waals surface area contributed by atoms with E-state index in [1.54, 1.807) is 0 Å². The summed E-state index contributed by atoms with van der Waals surface area (Å²) in [6.45, 7) is 9.57. The van der Waals surface area contributed by atoms with Crippen LogP contribution in [0.2, 0.25) is 0 Å². The topological polar surface area (TPSA) is 30.5 Å². The van der Waals surface area contributed by atoms with E-state index in [9.17, 15) is 0 Å². The smallest absolute Gasteiger partial charge is 0.100 e. The van der Waals surface area contributed by atoms with Crippen molar-refractivity contribution in [3.8, 4) is 0 Å². The van der Waals surface area contributed by atoms with Crippen LogP contribution in [0.15, 0.2) is 18.2 Å². The maximum atomic E-state index is 5.89. The van der Waals surface area contributed by atoms with Gasteiger partial charge >= 0.3 is 0 Å². The van der Waals surface area contributed by atoms with E-state index in [0.29, 0.717) is 19.8 Å². The molecular weight excluding hydrogens is 238 g/mol. The summed E-state index contributed by atoms with van der Waals surface area (Å²) in [5.41, 5.74) is 3.95. The Bertz CT molecular complexity index is 400. The van der Waals surface area contributed by atoms with Gasteiger partial charge in [-0.1, -0.05) is 30.7 Å². The first-order valence-corrected chi connectivity index (χ1v) is 7.22. The molecule has 2 atom stereocenters. The van der Waals surface area contributed by atoms with Crippen LogP contribution < -0.4 is 5.32 Å². The molecule has 3 heteroatoms. The Balaban J connectivity index is 2.19. The molecule has 1 heterocycles. The average Bonchev–Trinajstić information content (AvgIpc) is 2.42. The number of rotatable bonds is 5. The standard InChI is InChI=1S/C16H25NO2/c1-4-7-17-16(15-11-18-8-9-19-15)14-6-5-12(2)10-13(14)3/h5-6,10,15-17H,4,7-9,11H2,1-3H3. The van der Waals surface area contributed by atoms with Crippen LogP contribution in [-0.4, -0.2) is 32.5 Å². The average molecular weight is 263 g/mol. The molecule has 0 saturated carbocycles. The molecule has 19 heavy (non-hydrogen) atoms. The summed E-state index contributed by atoms with van der Waals surface area (Å²) in [5.74, 6) is 0. The lowest BCUT2D eigenvalue weighted by atomic mass is 9.95. The lowest BCUT2D eigenvalue weighted by molar-refractivity contribution is -0.102. The third-order valence-corrected chi connectivity index (χ3v) is 3.59. The zero-order valence-corrected chi connectivity index (χ0v) is 12.2. The van der Waals surface area contributed by atoms with Gasteiger partial charge in [-0.3, -0.25) is 0 Å². The minimum Gasteiger partial charge on any atom is -0.376 e. The van der Waals surface area contributed by atoms with Crippen molar-refractivity contribution in [3.63, 3.8) is 0 Å². The van der Waals surface area contributed by atoms with Crippen LogP contribution in [0.1, 0.15) is 36.1 Å². The van der Waals surface area contributed by atoms with Crippen molar-refractivity contribution >= 4 is 0 Å². The molecule has 1 N–H and O–H groups in total. The molecule has 106 valence electrons. The summed E-state index contributed by atoms with van der Waals surface area (Å²) in [6.07, 6.45) is 1.23. The van der Waals surface area contributed by atoms with Gasteiger partial charge in [-0.25, -0.2) is 0 Å². The highest BCUT2D eigenvalue weighted by atomic mass is 16.6. The van der Waals surface area contributed by atoms with E-state index in [4.69, 9.17) is 9.47 Å². The summed E-state index contributed by atoms with van der Waals surface area (Å²) in [4.78, 5) is 0. The largest absolute Gasteiger partial charge is 0.376 e. The summed E-state index contributed by atoms with van der Waals surface area (Å²) in [6, 6.07) is 6.85. The number of hydrogen-bond acceptors (Lipinski definition) is 3. The normalized spacial score (nSPS) is 21.3. The molecule has 0 amide bonds. The van der Waals surface area contributed by atoms with Crippen LogP contribution in [0.3, 0.4) is 0 Å². The van der Waals surface area contributed by atoms with Crippen molar-refractivity contribution in [2.24, 2.45) is 0 Å². The SMILES string of the molecule is CCCNC(c1ccc(C)cc1C)C1COCCO1. The first-order valence-electron chi connectivity index (χ1n) is 7.22. The minimum absolute atomic E-state index is 0.113. The highest BCUT2D eigenvalue weighted by Gasteiger charge is 2.27. The second kappa shape index (κ2) is 7.04. The third-order valence-electron chi connectivity index (χ3n) is 3.59. The molecular formula is C16H25NO2. The molecule has 1 aromatic rings. The maximum absolute atomic E-state index is 5.89. The Hall–Kier alpha value is -0.900. The molecule has 1 aliphatic rings. The number of hydrogen-bond donors (Lipinski definition) is 1. The van der Waals surface area contributed by atoms with Crippen molar-refractivity contribution in [2.75, 3.05) is 26.4 Å². The first-order chi connectivity index (χ1) is 9.22. The van der Waals surface area contributed by atoms with Gasteiger partial charge in [0, 0.05) is 0 Å². The van der Waals surface area contributed by atoms with E-state index in [1.807, 2.05) is 0 Å². The summed E-state index contributed by atoms with van der Waals surface area (Å²) in [7, 11) is 0. The van der Waals surface area contributed by atoms with Crippen LogP contribution in [0.4, 0.5) is 0 Å². The van der Waals surface area contributed by atoms with Gasteiger partial charge in [-0.05, 0) is 37.9 Å². The van der Waals surface area contributed by atoms with E-state index < -0.39 is 0 Å². The van der Waals surface area contributed by atoms with Crippen molar-refractivity contribution in [3.05, 3.63) is 34.9 Å². The summed E-state index contributed by atoms with van der Waals surface area (Å²) >= 11 is 0. The van der Waals surface area contributed by atoms with Crippen LogP contribution in [0, 0.1) is 13.8 Å². The van der Waals surface area contributed by atoms with Gasteiger partial charge in [0.25, 0.3) is 0 Å². The fourth-order valence-electron chi connectivity index (χ4n) is 2.61. The summed E-state index contributed by atoms with van der Waals surface area (Å²) < 4.78 is 11.5. The predicted octanol–water partition coefficient (Wildman–Crippen LogP) is 2.76. The van der Waals surface area contributed by atoms with Gasteiger partial charge in [0.1, 0.15) is 6.10 Å². The van der Waals surface area contributed by atoms with Gasteiger partial charge in [-0.2, -0.15) is 0 Å². The Morgan fingerprint density at radius 2 is 2.16 bits per heavy atom.